The van der Waals surface area contributed by atoms with E-state index < -0.39 is 24.0 Å². The molecule has 17 heteroatoms. The maximum Gasteiger partial charge on any atom is 0.353 e. The molecule has 4 unspecified atom stereocenters. The Balaban J connectivity index is 1.05. The largest absolute Gasteiger partial charge is 0.477 e. The number of carbonyl (C=O) groups excluding carboxylic acids is 3. The molecule has 6 heterocycles. The van der Waals surface area contributed by atoms with Gasteiger partial charge in [0.15, 0.2) is 0 Å². The fraction of sp³-hybridized carbons (Fsp3) is 0.750. The molecule has 6 rings (SSSR count). The minimum absolute atomic E-state index is 0.00893. The Labute approximate surface area is 265 Å². The van der Waals surface area contributed by atoms with E-state index in [2.05, 4.69) is 31.1 Å². The Kier molecular flexibility index (Phi) is 9.16. The molecular weight excluding hydrogens is 604 g/mol. The summed E-state index contributed by atoms with van der Waals surface area (Å²) in [5.41, 5.74) is 5.60. The summed E-state index contributed by atoms with van der Waals surface area (Å²) in [4.78, 5) is 58.2. The molecule has 5 aliphatic heterocycles. The van der Waals surface area contributed by atoms with Crippen LogP contribution in [0.1, 0.15) is 33.1 Å². The number of piperidine rings is 1. The number of aromatic nitrogens is 4. The third-order valence-electron chi connectivity index (χ3n) is 10.0. The van der Waals surface area contributed by atoms with Gasteiger partial charge in [-0.2, -0.15) is 0 Å². The van der Waals surface area contributed by atoms with Gasteiger partial charge in [-0.05, 0) is 42.5 Å². The molecule has 6 N–H and O–H groups in total. The lowest BCUT2D eigenvalue weighted by Crippen LogP contribution is -2.66. The normalized spacial score (nSPS) is 32.7. The van der Waals surface area contributed by atoms with Gasteiger partial charge in [-0.3, -0.25) is 14.4 Å². The number of rotatable bonds is 11. The molecule has 0 saturated carbocycles. The summed E-state index contributed by atoms with van der Waals surface area (Å²) >= 11 is 1.45. The lowest BCUT2D eigenvalue weighted by molar-refractivity contribution is -0.158. The Bertz CT molecular complexity index is 1340. The van der Waals surface area contributed by atoms with Gasteiger partial charge in [0.05, 0.1) is 24.1 Å². The van der Waals surface area contributed by atoms with Crippen LogP contribution >= 0.6 is 11.8 Å². The summed E-state index contributed by atoms with van der Waals surface area (Å²) in [6.07, 6.45) is 3.16. The van der Waals surface area contributed by atoms with Gasteiger partial charge in [0.25, 0.3) is 0 Å². The number of nitrogens with one attached hydrogen (secondary N) is 2. The van der Waals surface area contributed by atoms with Crippen molar-refractivity contribution in [3.8, 4) is 0 Å². The van der Waals surface area contributed by atoms with Crippen LogP contribution in [0.2, 0.25) is 0 Å². The van der Waals surface area contributed by atoms with E-state index in [1.54, 1.807) is 6.92 Å². The summed E-state index contributed by atoms with van der Waals surface area (Å²) in [6, 6.07) is -1.04. The zero-order valence-corrected chi connectivity index (χ0v) is 26.3. The van der Waals surface area contributed by atoms with Gasteiger partial charge in [0.1, 0.15) is 18.6 Å². The Morgan fingerprint density at radius 3 is 2.78 bits per heavy atom. The molecule has 0 bridgehead atoms. The molecule has 0 radical (unpaired) electrons. The summed E-state index contributed by atoms with van der Waals surface area (Å²) in [5.74, 6) is -2.14. The number of β-lactam (4-membered cyclic amide) rings is 1. The van der Waals surface area contributed by atoms with Crippen molar-refractivity contribution in [2.45, 2.75) is 75.2 Å². The van der Waals surface area contributed by atoms with Gasteiger partial charge >= 0.3 is 5.97 Å². The number of fused-ring (bicyclic) bond motifs is 2. The molecule has 9 atom stereocenters. The van der Waals surface area contributed by atoms with E-state index in [0.717, 1.165) is 25.9 Å². The monoisotopic (exact) mass is 646 g/mol. The molecule has 16 nitrogen and oxygen atoms in total. The first-order valence-electron chi connectivity index (χ1n) is 15.7. The Morgan fingerprint density at radius 2 is 2.07 bits per heavy atom. The molecule has 0 aliphatic carbocycles. The SMILES string of the molecule is CC(NC(=O)Cn1cnnn1)[C@H]1C(=O)N2C(C(=O)O)=C(S[C@@H]3CN[C@H](C(=O)N4CCC5CN(CC(O)CN)CCC54)C3)[C@H](C)[C@H]12. The highest BCUT2D eigenvalue weighted by Gasteiger charge is 2.60. The standard InChI is InChI=1S/C28H42N10O6S/c1-14-23-22(15(2)32-21(40)12-36-13-31-33-34-36)27(42)38(23)24(28(43)44)25(14)45-18-7-19(30-9-18)26(41)37-6-3-16-10-35(5-4-20(16)37)11-17(39)8-29/h13-20,22-23,30,39H,3-12,29H2,1-2H3,(H,32,40)(H,43,44)/t14-,15?,16?,17?,18+,19+,20?,22-,23-/m1/s1. The summed E-state index contributed by atoms with van der Waals surface area (Å²) in [6.45, 7) is 7.34. The first-order valence-corrected chi connectivity index (χ1v) is 16.6. The average Bonchev–Trinajstić information content (AvgIpc) is 3.80. The second kappa shape index (κ2) is 12.9. The number of likely N-dealkylation sites (tertiary alicyclic amines) is 2. The predicted molar refractivity (Wildman–Crippen MR) is 161 cm³/mol. The number of hydrogen-bond donors (Lipinski definition) is 5. The molecule has 0 spiro atoms. The lowest BCUT2D eigenvalue weighted by Gasteiger charge is -2.47. The zero-order chi connectivity index (χ0) is 32.0. The van der Waals surface area contributed by atoms with Crippen LogP contribution in [0.15, 0.2) is 16.9 Å². The number of carboxylic acid groups (broad SMARTS) is 1. The quantitative estimate of drug-likeness (QED) is 0.160. The predicted octanol–water partition coefficient (Wildman–Crippen LogP) is -2.34. The van der Waals surface area contributed by atoms with Crippen LogP contribution in [0, 0.1) is 17.8 Å². The van der Waals surface area contributed by atoms with Crippen molar-refractivity contribution in [2.24, 2.45) is 23.5 Å². The highest BCUT2D eigenvalue weighted by Crippen LogP contribution is 2.52. The number of β-amino-alcohol motifs (C(OH)–C–C–N with tert-alkyl or cyclic N) is 1. The molecule has 4 saturated heterocycles. The van der Waals surface area contributed by atoms with Gasteiger partial charge in [0.2, 0.25) is 17.7 Å². The Morgan fingerprint density at radius 1 is 1.27 bits per heavy atom. The Hall–Kier alpha value is -3.12. The van der Waals surface area contributed by atoms with Crippen molar-refractivity contribution < 1.29 is 29.4 Å². The number of thioether (sulfide) groups is 1. The number of carbonyl (C=O) groups is 4. The first-order chi connectivity index (χ1) is 21.6. The summed E-state index contributed by atoms with van der Waals surface area (Å²) in [7, 11) is 0. The maximum absolute atomic E-state index is 13.7. The van der Waals surface area contributed by atoms with Gasteiger partial charge in [-0.1, -0.05) is 6.92 Å². The van der Waals surface area contributed by atoms with E-state index >= 15 is 0 Å². The minimum Gasteiger partial charge on any atom is -0.477 e. The molecule has 0 aromatic carbocycles. The molecule has 45 heavy (non-hydrogen) atoms. The van der Waals surface area contributed by atoms with Crippen LogP contribution in [0.5, 0.6) is 0 Å². The molecule has 4 fully saturated rings. The van der Waals surface area contributed by atoms with Crippen LogP contribution in [0.25, 0.3) is 0 Å². The number of nitrogens with two attached hydrogens (primary N) is 1. The zero-order valence-electron chi connectivity index (χ0n) is 25.5. The number of tetrazole rings is 1. The summed E-state index contributed by atoms with van der Waals surface area (Å²) in [5, 5.41) is 37.0. The van der Waals surface area contributed by atoms with Gasteiger partial charge < -0.3 is 41.3 Å². The van der Waals surface area contributed by atoms with Gasteiger partial charge in [-0.25, -0.2) is 9.48 Å². The topological polar surface area (TPSA) is 212 Å². The molecule has 246 valence electrons. The van der Waals surface area contributed by atoms with E-state index in [4.69, 9.17) is 5.73 Å². The van der Waals surface area contributed by atoms with E-state index in [9.17, 15) is 29.4 Å². The third-order valence-corrected chi connectivity index (χ3v) is 11.6. The number of carboxylic acids is 1. The van der Waals surface area contributed by atoms with Gasteiger partial charge in [-0.15, -0.1) is 16.9 Å². The summed E-state index contributed by atoms with van der Waals surface area (Å²) < 4.78 is 1.28. The van der Waals surface area contributed by atoms with Gasteiger partial charge in [0, 0.05) is 67.4 Å². The number of hydrogen-bond acceptors (Lipinski definition) is 12. The van der Waals surface area contributed by atoms with E-state index in [-0.39, 0.29) is 65.8 Å². The second-order valence-corrected chi connectivity index (χ2v) is 14.3. The van der Waals surface area contributed by atoms with Crippen molar-refractivity contribution >= 4 is 35.5 Å². The molecule has 5 aliphatic rings. The fourth-order valence-corrected chi connectivity index (χ4v) is 9.40. The highest BCUT2D eigenvalue weighted by molar-refractivity contribution is 8.03. The highest BCUT2D eigenvalue weighted by atomic mass is 32.2. The van der Waals surface area contributed by atoms with Crippen LogP contribution in [0.4, 0.5) is 0 Å². The van der Waals surface area contributed by atoms with Crippen LogP contribution in [-0.4, -0.2) is 144 Å². The van der Waals surface area contributed by atoms with Crippen LogP contribution in [0.3, 0.4) is 0 Å². The van der Waals surface area contributed by atoms with E-state index in [1.807, 2.05) is 11.8 Å². The lowest BCUT2D eigenvalue weighted by atomic mass is 9.78. The van der Waals surface area contributed by atoms with Crippen LogP contribution in [-0.2, 0) is 25.7 Å². The smallest absolute Gasteiger partial charge is 0.353 e. The maximum atomic E-state index is 13.7. The van der Waals surface area contributed by atoms with Crippen molar-refractivity contribution in [2.75, 3.05) is 39.3 Å². The van der Waals surface area contributed by atoms with Crippen molar-refractivity contribution in [1.82, 2.24) is 45.5 Å². The average molecular weight is 647 g/mol. The van der Waals surface area contributed by atoms with E-state index in [0.29, 0.717) is 36.9 Å². The number of aliphatic carboxylic acids is 1. The van der Waals surface area contributed by atoms with Crippen molar-refractivity contribution in [3.63, 3.8) is 0 Å². The number of aliphatic hydroxyl groups is 1. The van der Waals surface area contributed by atoms with Crippen LogP contribution < -0.4 is 16.4 Å². The number of aliphatic hydroxyl groups excluding tert-OH is 1. The first kappa shape index (κ1) is 31.8. The molecule has 1 aromatic rings. The number of nitrogens with zero attached hydrogens (tertiary/aromatic N) is 7. The number of amides is 3. The van der Waals surface area contributed by atoms with E-state index in [1.165, 1.54) is 27.7 Å². The molecule has 1 aromatic heterocycles. The molecular formula is C28H42N10O6S. The fourth-order valence-electron chi connectivity index (χ4n) is 7.92. The minimum atomic E-state index is -1.15. The molecule has 3 amide bonds. The second-order valence-electron chi connectivity index (χ2n) is 12.9. The third kappa shape index (κ3) is 6.07. The van der Waals surface area contributed by atoms with Crippen molar-refractivity contribution in [1.29, 1.82) is 0 Å². The van der Waals surface area contributed by atoms with Crippen molar-refractivity contribution in [3.05, 3.63) is 16.9 Å².